The number of nitrogens with one attached hydrogen (secondary N) is 3. The van der Waals surface area contributed by atoms with E-state index in [2.05, 4.69) is 37.7 Å². The molecule has 1 fully saturated rings. The van der Waals surface area contributed by atoms with Gasteiger partial charge in [-0.3, -0.25) is 4.79 Å². The third kappa shape index (κ3) is 4.10. The number of para-hydroxylation sites is 1. The number of rotatable bonds is 6. The number of hydrogen-bond acceptors (Lipinski definition) is 4. The van der Waals surface area contributed by atoms with Crippen LogP contribution in [0.4, 0.5) is 5.95 Å². The molecule has 1 aromatic carbocycles. The van der Waals surface area contributed by atoms with Crippen LogP contribution in [-0.4, -0.2) is 33.4 Å². The van der Waals surface area contributed by atoms with Crippen molar-refractivity contribution in [1.82, 2.24) is 20.3 Å². The highest BCUT2D eigenvalue weighted by atomic mass is 16.1. The summed E-state index contributed by atoms with van der Waals surface area (Å²) < 4.78 is 0. The Morgan fingerprint density at radius 1 is 1.22 bits per heavy atom. The number of benzene rings is 1. The van der Waals surface area contributed by atoms with E-state index in [0.717, 1.165) is 30.5 Å². The van der Waals surface area contributed by atoms with Gasteiger partial charge in [0.1, 0.15) is 5.69 Å². The summed E-state index contributed by atoms with van der Waals surface area (Å²) in [7, 11) is 0. The zero-order valence-electron chi connectivity index (χ0n) is 15.6. The standard InChI is InChI=1S/C21H25N5O/c1-14-12-19(20(27)25-16-6-2-3-7-16)26-21(24-14)22-11-10-15-13-23-18-9-5-4-8-17(15)18/h4-5,8-9,12-13,16,23H,2-3,6-7,10-11H2,1H3,(H,25,27)(H,22,24,26). The van der Waals surface area contributed by atoms with Gasteiger partial charge >= 0.3 is 0 Å². The predicted octanol–water partition coefficient (Wildman–Crippen LogP) is 3.59. The van der Waals surface area contributed by atoms with Crippen LogP contribution in [0.5, 0.6) is 0 Å². The maximum atomic E-state index is 12.5. The van der Waals surface area contributed by atoms with Crippen molar-refractivity contribution < 1.29 is 4.79 Å². The lowest BCUT2D eigenvalue weighted by Gasteiger charge is -2.12. The molecule has 6 nitrogen and oxygen atoms in total. The van der Waals surface area contributed by atoms with Crippen LogP contribution >= 0.6 is 0 Å². The number of carbonyl (C=O) groups is 1. The van der Waals surface area contributed by atoms with Crippen LogP contribution in [0.15, 0.2) is 36.5 Å². The molecular formula is C21H25N5O. The zero-order chi connectivity index (χ0) is 18.6. The first-order valence-electron chi connectivity index (χ1n) is 9.64. The van der Waals surface area contributed by atoms with Gasteiger partial charge in [-0.25, -0.2) is 9.97 Å². The topological polar surface area (TPSA) is 82.7 Å². The smallest absolute Gasteiger partial charge is 0.270 e. The number of hydrogen-bond donors (Lipinski definition) is 3. The van der Waals surface area contributed by atoms with Gasteiger partial charge < -0.3 is 15.6 Å². The molecule has 0 radical (unpaired) electrons. The lowest BCUT2D eigenvalue weighted by molar-refractivity contribution is 0.0932. The number of nitrogens with zero attached hydrogens (tertiary/aromatic N) is 2. The fraction of sp³-hybridized carbons (Fsp3) is 0.381. The highest BCUT2D eigenvalue weighted by Gasteiger charge is 2.19. The minimum absolute atomic E-state index is 0.105. The minimum Gasteiger partial charge on any atom is -0.361 e. The Labute approximate surface area is 158 Å². The van der Waals surface area contributed by atoms with E-state index >= 15 is 0 Å². The van der Waals surface area contributed by atoms with E-state index in [1.807, 2.05) is 25.3 Å². The summed E-state index contributed by atoms with van der Waals surface area (Å²) in [6, 6.07) is 10.3. The zero-order valence-corrected chi connectivity index (χ0v) is 15.6. The van der Waals surface area contributed by atoms with Crippen molar-refractivity contribution in [2.45, 2.75) is 45.1 Å². The quantitative estimate of drug-likeness (QED) is 0.625. The van der Waals surface area contributed by atoms with Crippen LogP contribution < -0.4 is 10.6 Å². The van der Waals surface area contributed by atoms with Gasteiger partial charge in [0.2, 0.25) is 5.95 Å². The van der Waals surface area contributed by atoms with Crippen LogP contribution in [0.25, 0.3) is 10.9 Å². The fourth-order valence-corrected chi connectivity index (χ4v) is 3.74. The van der Waals surface area contributed by atoms with Crippen molar-refractivity contribution in [1.29, 1.82) is 0 Å². The van der Waals surface area contributed by atoms with Crippen LogP contribution in [0, 0.1) is 6.92 Å². The molecule has 3 N–H and O–H groups in total. The molecule has 0 spiro atoms. The Hall–Kier alpha value is -2.89. The molecule has 140 valence electrons. The van der Waals surface area contributed by atoms with Crippen molar-refractivity contribution in [2.75, 3.05) is 11.9 Å². The molecular weight excluding hydrogens is 338 g/mol. The summed E-state index contributed by atoms with van der Waals surface area (Å²) in [6.45, 7) is 2.59. The van der Waals surface area contributed by atoms with Gasteiger partial charge in [0.25, 0.3) is 5.91 Å². The number of aromatic nitrogens is 3. The predicted molar refractivity (Wildman–Crippen MR) is 107 cm³/mol. The molecule has 1 aliphatic carbocycles. The number of fused-ring (bicyclic) bond motifs is 1. The molecule has 0 atom stereocenters. The van der Waals surface area contributed by atoms with Crippen LogP contribution in [0.2, 0.25) is 0 Å². The van der Waals surface area contributed by atoms with Gasteiger partial charge in [0, 0.05) is 35.4 Å². The summed E-state index contributed by atoms with van der Waals surface area (Å²) in [4.78, 5) is 24.6. The summed E-state index contributed by atoms with van der Waals surface area (Å²) in [5, 5.41) is 7.59. The van der Waals surface area contributed by atoms with Crippen molar-refractivity contribution in [2.24, 2.45) is 0 Å². The third-order valence-electron chi connectivity index (χ3n) is 5.13. The normalized spacial score (nSPS) is 14.6. The average Bonchev–Trinajstić information content (AvgIpc) is 3.31. The van der Waals surface area contributed by atoms with E-state index in [-0.39, 0.29) is 11.9 Å². The largest absolute Gasteiger partial charge is 0.361 e. The average molecular weight is 363 g/mol. The Bertz CT molecular complexity index is 943. The molecule has 1 saturated carbocycles. The second-order valence-electron chi connectivity index (χ2n) is 7.21. The van der Waals surface area contributed by atoms with Crippen LogP contribution in [0.3, 0.4) is 0 Å². The molecule has 0 saturated heterocycles. The van der Waals surface area contributed by atoms with E-state index in [4.69, 9.17) is 0 Å². The van der Waals surface area contributed by atoms with Gasteiger partial charge in [0.15, 0.2) is 0 Å². The number of aryl methyl sites for hydroxylation is 1. The van der Waals surface area contributed by atoms with Gasteiger partial charge in [-0.15, -0.1) is 0 Å². The molecule has 6 heteroatoms. The molecule has 3 aromatic rings. The lowest BCUT2D eigenvalue weighted by atomic mass is 10.1. The first kappa shape index (κ1) is 17.5. The second-order valence-corrected chi connectivity index (χ2v) is 7.21. The van der Waals surface area contributed by atoms with Gasteiger partial charge in [-0.05, 0) is 43.9 Å². The Morgan fingerprint density at radius 3 is 2.89 bits per heavy atom. The molecule has 1 aliphatic rings. The van der Waals surface area contributed by atoms with Gasteiger partial charge in [-0.2, -0.15) is 0 Å². The maximum Gasteiger partial charge on any atom is 0.270 e. The minimum atomic E-state index is -0.105. The summed E-state index contributed by atoms with van der Waals surface area (Å²) in [5.74, 6) is 0.401. The molecule has 0 unspecified atom stereocenters. The first-order chi connectivity index (χ1) is 13.2. The number of aromatic amines is 1. The van der Waals surface area contributed by atoms with E-state index in [1.54, 1.807) is 6.07 Å². The van der Waals surface area contributed by atoms with E-state index in [1.165, 1.54) is 23.8 Å². The Balaban J connectivity index is 1.39. The van der Waals surface area contributed by atoms with Crippen molar-refractivity contribution >= 4 is 22.8 Å². The lowest BCUT2D eigenvalue weighted by Crippen LogP contribution is -2.33. The molecule has 0 bridgehead atoms. The molecule has 2 aromatic heterocycles. The third-order valence-corrected chi connectivity index (χ3v) is 5.13. The van der Waals surface area contributed by atoms with E-state index < -0.39 is 0 Å². The highest BCUT2D eigenvalue weighted by Crippen LogP contribution is 2.19. The molecule has 2 heterocycles. The number of carbonyl (C=O) groups excluding carboxylic acids is 1. The van der Waals surface area contributed by atoms with Crippen LogP contribution in [0.1, 0.15) is 47.4 Å². The summed E-state index contributed by atoms with van der Waals surface area (Å²) >= 11 is 0. The van der Waals surface area contributed by atoms with Gasteiger partial charge in [-0.1, -0.05) is 31.0 Å². The number of amides is 1. The second kappa shape index (κ2) is 7.78. The fourth-order valence-electron chi connectivity index (χ4n) is 3.74. The summed E-state index contributed by atoms with van der Waals surface area (Å²) in [6.07, 6.45) is 7.40. The van der Waals surface area contributed by atoms with Crippen LogP contribution in [-0.2, 0) is 6.42 Å². The van der Waals surface area contributed by atoms with E-state index in [9.17, 15) is 4.79 Å². The highest BCUT2D eigenvalue weighted by molar-refractivity contribution is 5.92. The first-order valence-corrected chi connectivity index (χ1v) is 9.64. The van der Waals surface area contributed by atoms with Crippen molar-refractivity contribution in [3.05, 3.63) is 53.5 Å². The Morgan fingerprint density at radius 2 is 2.04 bits per heavy atom. The SMILES string of the molecule is Cc1cc(C(=O)NC2CCCC2)nc(NCCc2c[nH]c3ccccc23)n1. The van der Waals surface area contributed by atoms with E-state index in [0.29, 0.717) is 18.2 Å². The number of anilines is 1. The molecule has 27 heavy (non-hydrogen) atoms. The maximum absolute atomic E-state index is 12.5. The Kier molecular flexibility index (Phi) is 5.05. The summed E-state index contributed by atoms with van der Waals surface area (Å²) in [5.41, 5.74) is 3.62. The molecule has 1 amide bonds. The molecule has 4 rings (SSSR count). The monoisotopic (exact) mass is 363 g/mol. The van der Waals surface area contributed by atoms with Crippen molar-refractivity contribution in [3.63, 3.8) is 0 Å². The van der Waals surface area contributed by atoms with Crippen molar-refractivity contribution in [3.8, 4) is 0 Å². The molecule has 0 aliphatic heterocycles. The number of H-pyrrole nitrogens is 1. The van der Waals surface area contributed by atoms with Gasteiger partial charge in [0.05, 0.1) is 0 Å².